The molecule has 2 heterocycles. The molecule has 2 aliphatic rings. The molecule has 74 valence electrons. The summed E-state index contributed by atoms with van der Waals surface area (Å²) in [4.78, 5) is 14.7. The molecule has 0 aromatic rings. The number of nitrogens with two attached hydrogens (primary N) is 1. The highest BCUT2D eigenvalue weighted by molar-refractivity contribution is 6.76. The van der Waals surface area contributed by atoms with Crippen LogP contribution in [-0.4, -0.2) is 37.5 Å². The molecule has 3 N–H and O–H groups in total. The van der Waals surface area contributed by atoms with E-state index >= 15 is 0 Å². The summed E-state index contributed by atoms with van der Waals surface area (Å²) in [6.07, 6.45) is 1.92. The molecule has 0 aromatic heterocycles. The van der Waals surface area contributed by atoms with Crippen LogP contribution in [0.4, 0.5) is 0 Å². The number of carbonyl (C=O) groups excluding carboxylic acids is 1. The van der Waals surface area contributed by atoms with Crippen molar-refractivity contribution in [3.63, 3.8) is 0 Å². The normalized spacial score (nSPS) is 38.5. The fourth-order valence-electron chi connectivity index (χ4n) is 2.35. The Morgan fingerprint density at radius 2 is 2.23 bits per heavy atom. The van der Waals surface area contributed by atoms with Crippen molar-refractivity contribution in [2.45, 2.75) is 38.0 Å². The van der Waals surface area contributed by atoms with Crippen molar-refractivity contribution in [2.24, 2.45) is 5.73 Å². The second-order valence-corrected chi connectivity index (χ2v) is 8.50. The zero-order valence-electron chi connectivity index (χ0n) is 8.21. The maximum atomic E-state index is 11.6. The van der Waals surface area contributed by atoms with Crippen molar-refractivity contribution >= 4 is 14.3 Å². The number of carbonyl (C=O) groups is 1. The van der Waals surface area contributed by atoms with Crippen LogP contribution in [0.25, 0.3) is 0 Å². The summed E-state index contributed by atoms with van der Waals surface area (Å²) in [6, 6.07) is 0.386. The molecule has 0 aromatic carbocycles. The molecule has 0 radical (unpaired) electrons. The second kappa shape index (κ2) is 2.80. The summed E-state index contributed by atoms with van der Waals surface area (Å²) in [7, 11) is -1.65. The molecule has 13 heavy (non-hydrogen) atoms. The van der Waals surface area contributed by atoms with Gasteiger partial charge in [0.15, 0.2) is 0 Å². The minimum Gasteiger partial charge on any atom is -0.368 e. The Balaban J connectivity index is 2.21. The number of hydrogen-bond acceptors (Lipinski definition) is 3. The number of hydrogen-bond donors (Lipinski definition) is 2. The van der Waals surface area contributed by atoms with E-state index in [2.05, 4.69) is 22.6 Å². The number of nitrogens with zero attached hydrogens (tertiary/aromatic N) is 1. The zero-order chi connectivity index (χ0) is 9.64. The molecule has 4 nitrogen and oxygen atoms in total. The van der Waals surface area contributed by atoms with E-state index in [4.69, 9.17) is 5.73 Å². The van der Waals surface area contributed by atoms with Crippen molar-refractivity contribution in [1.82, 2.24) is 9.55 Å². The minimum absolute atomic E-state index is 0.126. The van der Waals surface area contributed by atoms with E-state index in [1.165, 1.54) is 0 Å². The highest BCUT2D eigenvalue weighted by Crippen LogP contribution is 2.26. The number of rotatable bonds is 0. The van der Waals surface area contributed by atoms with Crippen LogP contribution in [0.3, 0.4) is 0 Å². The van der Waals surface area contributed by atoms with Crippen LogP contribution >= 0.6 is 0 Å². The predicted octanol–water partition coefficient (Wildman–Crippen LogP) is -0.390. The van der Waals surface area contributed by atoms with Gasteiger partial charge in [-0.25, -0.2) is 0 Å². The van der Waals surface area contributed by atoms with Gasteiger partial charge in [0.1, 0.15) is 0 Å². The summed E-state index contributed by atoms with van der Waals surface area (Å²) in [6.45, 7) is 5.23. The average molecular weight is 199 g/mol. The minimum atomic E-state index is -1.65. The highest BCUT2D eigenvalue weighted by Gasteiger charge is 2.48. The Morgan fingerprint density at radius 3 is 2.92 bits per heavy atom. The molecular formula is C8H17N3OSi. The van der Waals surface area contributed by atoms with Crippen LogP contribution in [0, 0.1) is 0 Å². The standard InChI is InChI=1S/C8H17N3OSi/c1-13(2)10-8(12)7-4-3-6(9)5-11(7)13/h6-7H,3-5,9H2,1-2H3,(H,10,12)/t6-,7+/m1/s1. The summed E-state index contributed by atoms with van der Waals surface area (Å²) in [5.74, 6) is 0.226. The van der Waals surface area contributed by atoms with Gasteiger partial charge in [-0.05, 0) is 25.9 Å². The fourth-order valence-corrected chi connectivity index (χ4v) is 4.98. The van der Waals surface area contributed by atoms with Crippen LogP contribution in [0.2, 0.25) is 13.1 Å². The first-order valence-corrected chi connectivity index (χ1v) is 7.80. The van der Waals surface area contributed by atoms with Gasteiger partial charge in [-0.2, -0.15) is 0 Å². The van der Waals surface area contributed by atoms with Gasteiger partial charge in [-0.1, -0.05) is 0 Å². The Bertz CT molecular complexity index is 244. The van der Waals surface area contributed by atoms with Gasteiger partial charge in [-0.3, -0.25) is 9.36 Å². The molecule has 0 unspecified atom stereocenters. The molecule has 5 heteroatoms. The molecule has 2 rings (SSSR count). The van der Waals surface area contributed by atoms with Crippen LogP contribution in [0.15, 0.2) is 0 Å². The summed E-state index contributed by atoms with van der Waals surface area (Å²) < 4.78 is 2.32. The van der Waals surface area contributed by atoms with Crippen LogP contribution in [-0.2, 0) is 4.79 Å². The Kier molecular flexibility index (Phi) is 1.97. The molecule has 2 fully saturated rings. The monoisotopic (exact) mass is 199 g/mol. The molecule has 2 atom stereocenters. The second-order valence-electron chi connectivity index (χ2n) is 4.55. The number of fused-ring (bicyclic) bond motifs is 1. The third-order valence-electron chi connectivity index (χ3n) is 3.07. The Labute approximate surface area is 79.6 Å². The molecule has 2 saturated heterocycles. The molecule has 0 aliphatic carbocycles. The number of nitrogens with one attached hydrogen (secondary N) is 1. The lowest BCUT2D eigenvalue weighted by Gasteiger charge is -2.37. The van der Waals surface area contributed by atoms with Gasteiger partial charge in [0, 0.05) is 12.6 Å². The first-order valence-electron chi connectivity index (χ1n) is 4.85. The molecule has 0 saturated carbocycles. The predicted molar refractivity (Wildman–Crippen MR) is 53.3 cm³/mol. The summed E-state index contributed by atoms with van der Waals surface area (Å²) in [5.41, 5.74) is 5.90. The zero-order valence-corrected chi connectivity index (χ0v) is 9.21. The van der Waals surface area contributed by atoms with E-state index < -0.39 is 8.40 Å². The van der Waals surface area contributed by atoms with E-state index in [0.717, 1.165) is 19.4 Å². The SMILES string of the molecule is C[Si]1(C)NC(=O)[C@@H]2CC[C@@H](N)CN21. The number of piperidine rings is 1. The third kappa shape index (κ3) is 1.41. The van der Waals surface area contributed by atoms with Gasteiger partial charge in [0.05, 0.1) is 6.04 Å². The molecule has 1 amide bonds. The third-order valence-corrected chi connectivity index (χ3v) is 5.86. The van der Waals surface area contributed by atoms with Crippen molar-refractivity contribution in [1.29, 1.82) is 0 Å². The quantitative estimate of drug-likeness (QED) is 0.522. The van der Waals surface area contributed by atoms with Crippen molar-refractivity contribution in [3.8, 4) is 0 Å². The van der Waals surface area contributed by atoms with Crippen molar-refractivity contribution in [3.05, 3.63) is 0 Å². The summed E-state index contributed by atoms with van der Waals surface area (Å²) in [5, 5.41) is 0. The first-order chi connectivity index (χ1) is 6.00. The van der Waals surface area contributed by atoms with Gasteiger partial charge in [0.25, 0.3) is 0 Å². The lowest BCUT2D eigenvalue weighted by atomic mass is 10.0. The van der Waals surface area contributed by atoms with Crippen LogP contribution < -0.4 is 10.7 Å². The average Bonchev–Trinajstić information content (AvgIpc) is 2.23. The van der Waals surface area contributed by atoms with Crippen molar-refractivity contribution in [2.75, 3.05) is 6.54 Å². The highest BCUT2D eigenvalue weighted by atomic mass is 28.3. The first kappa shape index (κ1) is 9.17. The lowest BCUT2D eigenvalue weighted by molar-refractivity contribution is -0.122. The van der Waals surface area contributed by atoms with E-state index in [9.17, 15) is 4.79 Å². The molecule has 0 spiro atoms. The summed E-state index contributed by atoms with van der Waals surface area (Å²) >= 11 is 0. The van der Waals surface area contributed by atoms with Gasteiger partial charge < -0.3 is 10.7 Å². The Morgan fingerprint density at radius 1 is 1.54 bits per heavy atom. The molecule has 2 aliphatic heterocycles. The number of amides is 1. The van der Waals surface area contributed by atoms with Gasteiger partial charge >= 0.3 is 0 Å². The lowest BCUT2D eigenvalue weighted by Crippen LogP contribution is -2.58. The van der Waals surface area contributed by atoms with E-state index in [0.29, 0.717) is 0 Å². The van der Waals surface area contributed by atoms with Gasteiger partial charge in [0.2, 0.25) is 14.3 Å². The largest absolute Gasteiger partial charge is 0.368 e. The maximum absolute atomic E-state index is 11.6. The fraction of sp³-hybridized carbons (Fsp3) is 0.875. The van der Waals surface area contributed by atoms with Crippen molar-refractivity contribution < 1.29 is 4.79 Å². The maximum Gasteiger partial charge on any atom is 0.229 e. The van der Waals surface area contributed by atoms with Crippen LogP contribution in [0.5, 0.6) is 0 Å². The van der Waals surface area contributed by atoms with E-state index in [1.807, 2.05) is 0 Å². The molecular weight excluding hydrogens is 182 g/mol. The van der Waals surface area contributed by atoms with Crippen LogP contribution in [0.1, 0.15) is 12.8 Å². The smallest absolute Gasteiger partial charge is 0.229 e. The van der Waals surface area contributed by atoms with Gasteiger partial charge in [-0.15, -0.1) is 0 Å². The van der Waals surface area contributed by atoms with E-state index in [-0.39, 0.29) is 18.0 Å². The molecule has 0 bridgehead atoms. The Hall–Kier alpha value is -0.393. The topological polar surface area (TPSA) is 58.4 Å². The van der Waals surface area contributed by atoms with E-state index in [1.54, 1.807) is 0 Å².